The molecule has 2 unspecified atom stereocenters. The zero-order valence-corrected chi connectivity index (χ0v) is 11.1. The molecule has 1 aromatic rings. The van der Waals surface area contributed by atoms with Crippen molar-refractivity contribution in [2.75, 3.05) is 26.7 Å². The topological polar surface area (TPSA) is 24.5 Å². The largest absolute Gasteiger partial charge is 0.493 e. The van der Waals surface area contributed by atoms with Crippen molar-refractivity contribution in [3.05, 3.63) is 29.8 Å². The van der Waals surface area contributed by atoms with Crippen LogP contribution in [0.3, 0.4) is 0 Å². The number of fused-ring (bicyclic) bond motifs is 1. The molecule has 2 atom stereocenters. The molecular weight excluding hydrogens is 224 g/mol. The normalized spacial score (nSPS) is 27.8. The van der Waals surface area contributed by atoms with Crippen molar-refractivity contribution in [1.29, 1.82) is 0 Å². The lowest BCUT2D eigenvalue weighted by atomic mass is 10.0. The second kappa shape index (κ2) is 5.29. The number of para-hydroxylation sites is 1. The molecule has 1 N–H and O–H groups in total. The van der Waals surface area contributed by atoms with Crippen molar-refractivity contribution < 1.29 is 4.74 Å². The van der Waals surface area contributed by atoms with Gasteiger partial charge in [0, 0.05) is 30.6 Å². The molecule has 0 aromatic heterocycles. The highest BCUT2D eigenvalue weighted by atomic mass is 16.5. The Labute approximate surface area is 109 Å². The third-order valence-electron chi connectivity index (χ3n) is 4.23. The minimum Gasteiger partial charge on any atom is -0.493 e. The number of nitrogens with zero attached hydrogens (tertiary/aromatic N) is 1. The Hall–Kier alpha value is -1.06. The highest BCUT2D eigenvalue weighted by Crippen LogP contribution is 2.31. The van der Waals surface area contributed by atoms with E-state index in [0.29, 0.717) is 12.1 Å². The minimum atomic E-state index is 0.462. The molecule has 1 saturated heterocycles. The third kappa shape index (κ3) is 2.38. The SMILES string of the molecule is CN1CCCC1CNC1CCOc2ccccc21. The number of benzene rings is 1. The lowest BCUT2D eigenvalue weighted by Gasteiger charge is -2.29. The van der Waals surface area contributed by atoms with E-state index in [9.17, 15) is 0 Å². The average Bonchev–Trinajstić information content (AvgIpc) is 2.82. The van der Waals surface area contributed by atoms with E-state index in [0.717, 1.165) is 25.3 Å². The van der Waals surface area contributed by atoms with Gasteiger partial charge in [0.2, 0.25) is 0 Å². The van der Waals surface area contributed by atoms with E-state index in [1.54, 1.807) is 0 Å². The maximum Gasteiger partial charge on any atom is 0.124 e. The van der Waals surface area contributed by atoms with Crippen LogP contribution in [0.2, 0.25) is 0 Å². The van der Waals surface area contributed by atoms with Gasteiger partial charge < -0.3 is 15.0 Å². The van der Waals surface area contributed by atoms with Crippen LogP contribution < -0.4 is 10.1 Å². The van der Waals surface area contributed by atoms with Gasteiger partial charge in [-0.2, -0.15) is 0 Å². The molecule has 0 spiro atoms. The fraction of sp³-hybridized carbons (Fsp3) is 0.600. The molecule has 2 aliphatic rings. The van der Waals surface area contributed by atoms with Gasteiger partial charge in [0.25, 0.3) is 0 Å². The highest BCUT2D eigenvalue weighted by Gasteiger charge is 2.24. The van der Waals surface area contributed by atoms with Crippen LogP contribution in [0, 0.1) is 0 Å². The van der Waals surface area contributed by atoms with Crippen molar-refractivity contribution in [3.8, 4) is 5.75 Å². The standard InChI is InChI=1S/C15H22N2O/c1-17-9-4-5-12(17)11-16-14-8-10-18-15-7-3-2-6-13(14)15/h2-3,6-7,12,14,16H,4-5,8-11H2,1H3. The lowest BCUT2D eigenvalue weighted by Crippen LogP contribution is -2.38. The molecule has 0 saturated carbocycles. The van der Waals surface area contributed by atoms with Gasteiger partial charge in [-0.25, -0.2) is 0 Å². The molecule has 2 aliphatic heterocycles. The maximum absolute atomic E-state index is 5.70. The molecule has 0 amide bonds. The van der Waals surface area contributed by atoms with Gasteiger partial charge in [-0.05, 0) is 32.5 Å². The highest BCUT2D eigenvalue weighted by molar-refractivity contribution is 5.37. The van der Waals surface area contributed by atoms with E-state index in [1.807, 2.05) is 6.07 Å². The zero-order valence-electron chi connectivity index (χ0n) is 11.1. The van der Waals surface area contributed by atoms with Crippen LogP contribution in [0.25, 0.3) is 0 Å². The number of ether oxygens (including phenoxy) is 1. The van der Waals surface area contributed by atoms with E-state index in [1.165, 1.54) is 24.9 Å². The van der Waals surface area contributed by atoms with Gasteiger partial charge in [-0.3, -0.25) is 0 Å². The summed E-state index contributed by atoms with van der Waals surface area (Å²) in [5.74, 6) is 1.06. The average molecular weight is 246 g/mol. The molecule has 0 radical (unpaired) electrons. The van der Waals surface area contributed by atoms with Gasteiger partial charge >= 0.3 is 0 Å². The van der Waals surface area contributed by atoms with E-state index in [4.69, 9.17) is 4.74 Å². The lowest BCUT2D eigenvalue weighted by molar-refractivity contribution is 0.237. The summed E-state index contributed by atoms with van der Waals surface area (Å²) in [6, 6.07) is 9.58. The molecule has 18 heavy (non-hydrogen) atoms. The molecule has 3 rings (SSSR count). The van der Waals surface area contributed by atoms with Crippen LogP contribution in [0.5, 0.6) is 5.75 Å². The molecule has 3 heteroatoms. The number of nitrogens with one attached hydrogen (secondary N) is 1. The predicted octanol–water partition coefficient (Wildman–Crippen LogP) is 2.19. The predicted molar refractivity (Wildman–Crippen MR) is 72.9 cm³/mol. The van der Waals surface area contributed by atoms with Crippen LogP contribution in [-0.2, 0) is 0 Å². The monoisotopic (exact) mass is 246 g/mol. The number of hydrogen-bond donors (Lipinski definition) is 1. The van der Waals surface area contributed by atoms with Gasteiger partial charge in [-0.15, -0.1) is 0 Å². The molecule has 0 bridgehead atoms. The van der Waals surface area contributed by atoms with Crippen LogP contribution in [0.1, 0.15) is 30.9 Å². The van der Waals surface area contributed by atoms with E-state index < -0.39 is 0 Å². The maximum atomic E-state index is 5.70. The first-order valence-electron chi connectivity index (χ1n) is 7.00. The van der Waals surface area contributed by atoms with Crippen molar-refractivity contribution >= 4 is 0 Å². The summed E-state index contributed by atoms with van der Waals surface area (Å²) in [7, 11) is 2.23. The Kier molecular flexibility index (Phi) is 3.52. The Balaban J connectivity index is 1.64. The van der Waals surface area contributed by atoms with Crippen LogP contribution in [-0.4, -0.2) is 37.7 Å². The van der Waals surface area contributed by atoms with Gasteiger partial charge in [0.1, 0.15) is 5.75 Å². The second-order valence-corrected chi connectivity index (χ2v) is 5.41. The molecule has 1 aromatic carbocycles. The molecule has 3 nitrogen and oxygen atoms in total. The molecule has 0 aliphatic carbocycles. The third-order valence-corrected chi connectivity index (χ3v) is 4.23. The summed E-state index contributed by atoms with van der Waals surface area (Å²) < 4.78 is 5.70. The van der Waals surface area contributed by atoms with E-state index in [2.05, 4.69) is 35.5 Å². The first-order chi connectivity index (χ1) is 8.84. The summed E-state index contributed by atoms with van der Waals surface area (Å²) in [5.41, 5.74) is 1.32. The van der Waals surface area contributed by atoms with Crippen LogP contribution >= 0.6 is 0 Å². The molecule has 1 fully saturated rings. The minimum absolute atomic E-state index is 0.462. The quantitative estimate of drug-likeness (QED) is 0.885. The molecule has 98 valence electrons. The number of rotatable bonds is 3. The smallest absolute Gasteiger partial charge is 0.124 e. The Morgan fingerprint density at radius 1 is 1.33 bits per heavy atom. The van der Waals surface area contributed by atoms with E-state index >= 15 is 0 Å². The van der Waals surface area contributed by atoms with Crippen LogP contribution in [0.15, 0.2) is 24.3 Å². The fourth-order valence-corrected chi connectivity index (χ4v) is 3.07. The van der Waals surface area contributed by atoms with Crippen molar-refractivity contribution in [3.63, 3.8) is 0 Å². The number of likely N-dealkylation sites (tertiary alicyclic amines) is 1. The first kappa shape index (κ1) is 12.0. The van der Waals surface area contributed by atoms with Gasteiger partial charge in [-0.1, -0.05) is 18.2 Å². The van der Waals surface area contributed by atoms with Crippen molar-refractivity contribution in [2.24, 2.45) is 0 Å². The summed E-state index contributed by atoms with van der Waals surface area (Å²) in [6.45, 7) is 3.17. The van der Waals surface area contributed by atoms with Crippen LogP contribution in [0.4, 0.5) is 0 Å². The van der Waals surface area contributed by atoms with Gasteiger partial charge in [0.05, 0.1) is 6.61 Å². The Morgan fingerprint density at radius 3 is 3.06 bits per heavy atom. The summed E-state index contributed by atoms with van der Waals surface area (Å²) in [6.07, 6.45) is 3.75. The van der Waals surface area contributed by atoms with Crippen molar-refractivity contribution in [1.82, 2.24) is 10.2 Å². The Bertz CT molecular complexity index is 407. The molecular formula is C15H22N2O. The number of likely N-dealkylation sites (N-methyl/N-ethyl adjacent to an activating group) is 1. The van der Waals surface area contributed by atoms with E-state index in [-0.39, 0.29) is 0 Å². The Morgan fingerprint density at radius 2 is 2.22 bits per heavy atom. The zero-order chi connectivity index (χ0) is 12.4. The number of hydrogen-bond acceptors (Lipinski definition) is 3. The summed E-state index contributed by atoms with van der Waals surface area (Å²) in [5, 5.41) is 3.73. The first-order valence-corrected chi connectivity index (χ1v) is 7.00. The van der Waals surface area contributed by atoms with Crippen molar-refractivity contribution in [2.45, 2.75) is 31.3 Å². The van der Waals surface area contributed by atoms with Gasteiger partial charge in [0.15, 0.2) is 0 Å². The second-order valence-electron chi connectivity index (χ2n) is 5.41. The summed E-state index contributed by atoms with van der Waals surface area (Å²) in [4.78, 5) is 2.47. The summed E-state index contributed by atoms with van der Waals surface area (Å²) >= 11 is 0. The molecule has 2 heterocycles. The fourth-order valence-electron chi connectivity index (χ4n) is 3.07.